The number of fused-ring (bicyclic) bond motifs is 2. The first-order valence-corrected chi connectivity index (χ1v) is 11.5. The Labute approximate surface area is 206 Å². The molecule has 9 nitrogen and oxygen atoms in total. The number of halogens is 2. The number of hydrogen-bond acceptors (Lipinski definition) is 5. The van der Waals surface area contributed by atoms with E-state index in [2.05, 4.69) is 5.32 Å². The summed E-state index contributed by atoms with van der Waals surface area (Å²) in [6.45, 7) is 3.55. The van der Waals surface area contributed by atoms with Crippen molar-refractivity contribution in [2.75, 3.05) is 20.6 Å². The third-order valence-electron chi connectivity index (χ3n) is 6.69. The average Bonchev–Trinajstić information content (AvgIpc) is 3.52. The maximum atomic E-state index is 14.2. The summed E-state index contributed by atoms with van der Waals surface area (Å²) in [6.07, 6.45) is 1.60. The molecule has 35 heavy (non-hydrogen) atoms. The van der Waals surface area contributed by atoms with E-state index in [0.29, 0.717) is 6.42 Å². The van der Waals surface area contributed by atoms with Crippen molar-refractivity contribution in [3.05, 3.63) is 62.3 Å². The van der Waals surface area contributed by atoms with E-state index < -0.39 is 45.8 Å². The first-order chi connectivity index (χ1) is 16.4. The number of aromatic nitrogens is 1. The van der Waals surface area contributed by atoms with Gasteiger partial charge in [0.2, 0.25) is 11.3 Å². The lowest BCUT2D eigenvalue weighted by Crippen LogP contribution is -2.53. The van der Waals surface area contributed by atoms with E-state index >= 15 is 0 Å². The summed E-state index contributed by atoms with van der Waals surface area (Å²) in [6, 6.07) is 4.09. The largest absolute Gasteiger partial charge is 0.503 e. The molecule has 1 aliphatic carbocycles. The highest BCUT2D eigenvalue weighted by Gasteiger charge is 2.64. The van der Waals surface area contributed by atoms with Crippen molar-refractivity contribution in [3.63, 3.8) is 0 Å². The SMILES string of the molecule is CC(C)N1C[C@]2(C[C@H]2C(=O)N(C)C)n2cc(C(=O)NCc3cccc(Cl)c3F)c(=O)c(O)c2C1=O. The van der Waals surface area contributed by atoms with Crippen molar-refractivity contribution in [2.45, 2.75) is 38.4 Å². The summed E-state index contributed by atoms with van der Waals surface area (Å²) in [5, 5.41) is 13.1. The number of carbonyl (C=O) groups excluding carboxylic acids is 3. The third-order valence-corrected chi connectivity index (χ3v) is 6.99. The smallest absolute Gasteiger partial charge is 0.274 e. The van der Waals surface area contributed by atoms with Gasteiger partial charge < -0.3 is 24.8 Å². The molecule has 2 N–H and O–H groups in total. The van der Waals surface area contributed by atoms with Crippen LogP contribution < -0.4 is 10.7 Å². The van der Waals surface area contributed by atoms with Crippen molar-refractivity contribution < 1.29 is 23.9 Å². The van der Waals surface area contributed by atoms with Gasteiger partial charge in [0, 0.05) is 45.0 Å². The summed E-state index contributed by atoms with van der Waals surface area (Å²) >= 11 is 5.78. The van der Waals surface area contributed by atoms with Gasteiger partial charge >= 0.3 is 0 Å². The van der Waals surface area contributed by atoms with Crippen molar-refractivity contribution in [1.29, 1.82) is 0 Å². The van der Waals surface area contributed by atoms with Crippen LogP contribution in [-0.4, -0.2) is 63.9 Å². The number of rotatable bonds is 5. The molecule has 4 rings (SSSR count). The highest BCUT2D eigenvalue weighted by Crippen LogP contribution is 2.55. The molecular weight excluding hydrogens is 479 g/mol. The van der Waals surface area contributed by atoms with E-state index in [1.165, 1.54) is 38.8 Å². The zero-order valence-corrected chi connectivity index (χ0v) is 20.5. The van der Waals surface area contributed by atoms with Crippen LogP contribution in [0.3, 0.4) is 0 Å². The Hall–Kier alpha value is -3.40. The number of carbonyl (C=O) groups is 3. The second-order valence-electron chi connectivity index (χ2n) is 9.45. The maximum Gasteiger partial charge on any atom is 0.274 e. The highest BCUT2D eigenvalue weighted by molar-refractivity contribution is 6.30. The van der Waals surface area contributed by atoms with Crippen LogP contribution >= 0.6 is 11.6 Å². The fraction of sp³-hybridized carbons (Fsp3) is 0.417. The minimum atomic E-state index is -1.02. The van der Waals surface area contributed by atoms with E-state index in [9.17, 15) is 28.7 Å². The molecule has 1 aliphatic heterocycles. The summed E-state index contributed by atoms with van der Waals surface area (Å²) in [4.78, 5) is 54.8. The lowest BCUT2D eigenvalue weighted by Gasteiger charge is -2.39. The lowest BCUT2D eigenvalue weighted by molar-refractivity contribution is -0.131. The fourth-order valence-electron chi connectivity index (χ4n) is 4.63. The molecule has 11 heteroatoms. The second-order valence-corrected chi connectivity index (χ2v) is 9.86. The lowest BCUT2D eigenvalue weighted by atomic mass is 10.0. The Morgan fingerprint density at radius 3 is 2.63 bits per heavy atom. The van der Waals surface area contributed by atoms with Crippen LogP contribution in [0.1, 0.15) is 46.7 Å². The average molecular weight is 505 g/mol. The summed E-state index contributed by atoms with van der Waals surface area (Å²) in [5.41, 5.74) is -2.46. The van der Waals surface area contributed by atoms with Gasteiger partial charge in [-0.1, -0.05) is 23.7 Å². The third kappa shape index (κ3) is 3.95. The van der Waals surface area contributed by atoms with Gasteiger partial charge in [-0.25, -0.2) is 4.39 Å². The second kappa shape index (κ2) is 8.67. The zero-order chi connectivity index (χ0) is 25.8. The Morgan fingerprint density at radius 2 is 2.00 bits per heavy atom. The predicted molar refractivity (Wildman–Crippen MR) is 126 cm³/mol. The summed E-state index contributed by atoms with van der Waals surface area (Å²) in [5.74, 6) is -3.62. The quantitative estimate of drug-likeness (QED) is 0.646. The number of nitrogens with zero attached hydrogens (tertiary/aromatic N) is 3. The van der Waals surface area contributed by atoms with Gasteiger partial charge in [0.15, 0.2) is 11.4 Å². The molecule has 0 radical (unpaired) electrons. The number of amides is 3. The van der Waals surface area contributed by atoms with E-state index in [1.807, 2.05) is 0 Å². The topological polar surface area (TPSA) is 112 Å². The van der Waals surface area contributed by atoms with Crippen LogP contribution in [0.25, 0.3) is 0 Å². The first kappa shape index (κ1) is 24.7. The molecule has 1 saturated carbocycles. The molecule has 1 fully saturated rings. The minimum Gasteiger partial charge on any atom is -0.503 e. The normalized spacial score (nSPS) is 20.7. The van der Waals surface area contributed by atoms with E-state index in [4.69, 9.17) is 11.6 Å². The van der Waals surface area contributed by atoms with Gasteiger partial charge in [0.1, 0.15) is 11.4 Å². The van der Waals surface area contributed by atoms with Gasteiger partial charge in [-0.15, -0.1) is 0 Å². The highest BCUT2D eigenvalue weighted by atomic mass is 35.5. The summed E-state index contributed by atoms with van der Waals surface area (Å²) in [7, 11) is 3.25. The standard InChI is InChI=1S/C24H26ClFN4O5/c1-12(2)29-11-24(8-15(24)22(34)28(3)4)30-10-14(19(31)20(32)18(30)23(29)35)21(33)27-9-13-6-5-7-16(25)17(13)26/h5-7,10,12,15,32H,8-9,11H2,1-4H3,(H,27,33)/t15-,24-/m0/s1. The molecular formula is C24H26ClFN4O5. The Bertz CT molecular complexity index is 1310. The van der Waals surface area contributed by atoms with E-state index in [-0.39, 0.29) is 41.3 Å². The zero-order valence-electron chi connectivity index (χ0n) is 19.8. The van der Waals surface area contributed by atoms with Crippen LogP contribution in [0.5, 0.6) is 5.75 Å². The van der Waals surface area contributed by atoms with Gasteiger partial charge in [-0.05, 0) is 26.3 Å². The summed E-state index contributed by atoms with van der Waals surface area (Å²) < 4.78 is 15.6. The maximum absolute atomic E-state index is 14.2. The molecule has 3 amide bonds. The van der Waals surface area contributed by atoms with Crippen molar-refractivity contribution in [1.82, 2.24) is 19.7 Å². The van der Waals surface area contributed by atoms with Crippen molar-refractivity contribution in [3.8, 4) is 5.75 Å². The predicted octanol–water partition coefficient (Wildman–Crippen LogP) is 1.94. The molecule has 0 bridgehead atoms. The van der Waals surface area contributed by atoms with Crippen molar-refractivity contribution in [2.24, 2.45) is 5.92 Å². The number of benzene rings is 1. The van der Waals surface area contributed by atoms with Crippen LogP contribution in [0.15, 0.2) is 29.2 Å². The minimum absolute atomic E-state index is 0.108. The molecule has 1 aromatic heterocycles. The van der Waals surface area contributed by atoms with E-state index in [0.717, 1.165) is 0 Å². The van der Waals surface area contributed by atoms with E-state index in [1.54, 1.807) is 27.9 Å². The molecule has 0 saturated heterocycles. The van der Waals surface area contributed by atoms with Crippen LogP contribution in [0.2, 0.25) is 5.02 Å². The van der Waals surface area contributed by atoms with Crippen LogP contribution in [0, 0.1) is 11.7 Å². The first-order valence-electron chi connectivity index (χ1n) is 11.1. The van der Waals surface area contributed by atoms with Gasteiger partial charge in [-0.2, -0.15) is 0 Å². The fourth-order valence-corrected chi connectivity index (χ4v) is 4.83. The molecule has 0 unspecified atom stereocenters. The Balaban J connectivity index is 1.76. The molecule has 2 aliphatic rings. The van der Waals surface area contributed by atoms with Crippen molar-refractivity contribution >= 4 is 29.3 Å². The molecule has 1 spiro atoms. The molecule has 186 valence electrons. The molecule has 2 atom stereocenters. The van der Waals surface area contributed by atoms with Gasteiger partial charge in [0.05, 0.1) is 16.5 Å². The molecule has 2 heterocycles. The van der Waals surface area contributed by atoms with Gasteiger partial charge in [0.25, 0.3) is 11.8 Å². The number of aromatic hydroxyl groups is 1. The number of pyridine rings is 1. The number of nitrogens with one attached hydrogen (secondary N) is 1. The van der Waals surface area contributed by atoms with Crippen LogP contribution in [-0.2, 0) is 16.9 Å². The number of hydrogen-bond donors (Lipinski definition) is 2. The monoisotopic (exact) mass is 504 g/mol. The Morgan fingerprint density at radius 1 is 1.31 bits per heavy atom. The Kier molecular flexibility index (Phi) is 6.12. The van der Waals surface area contributed by atoms with Gasteiger partial charge in [-0.3, -0.25) is 19.2 Å². The van der Waals surface area contributed by atoms with Crippen LogP contribution in [0.4, 0.5) is 4.39 Å². The molecule has 2 aromatic rings. The molecule has 1 aromatic carbocycles.